The molecule has 0 fully saturated rings. The third-order valence-electron chi connectivity index (χ3n) is 4.13. The van der Waals surface area contributed by atoms with Crippen molar-refractivity contribution in [3.8, 4) is 17.2 Å². The predicted molar refractivity (Wildman–Crippen MR) is 113 cm³/mol. The van der Waals surface area contributed by atoms with E-state index in [0.29, 0.717) is 22.5 Å². The third kappa shape index (κ3) is 5.65. The number of methoxy groups -OCH3 is 1. The van der Waals surface area contributed by atoms with Crippen LogP contribution in [0.4, 0.5) is 0 Å². The molecule has 0 aliphatic rings. The first-order valence-corrected chi connectivity index (χ1v) is 9.55. The topological polar surface area (TPSA) is 57.9 Å². The molecule has 1 heterocycles. The van der Waals surface area contributed by atoms with Crippen molar-refractivity contribution < 1.29 is 18.6 Å². The minimum Gasteiger partial charge on any atom is -0.492 e. The summed E-state index contributed by atoms with van der Waals surface area (Å²) in [4.78, 5) is 12.4. The van der Waals surface area contributed by atoms with Gasteiger partial charge in [-0.15, -0.1) is 0 Å². The number of fused-ring (bicyclic) bond motifs is 1. The highest BCUT2D eigenvalue weighted by atomic mass is 16.5. The van der Waals surface area contributed by atoms with Crippen LogP contribution in [-0.2, 0) is 0 Å². The number of rotatable bonds is 9. The summed E-state index contributed by atoms with van der Waals surface area (Å²) in [7, 11) is 1.51. The molecule has 0 saturated heterocycles. The van der Waals surface area contributed by atoms with Crippen molar-refractivity contribution in [3.63, 3.8) is 0 Å². The lowest BCUT2D eigenvalue weighted by Gasteiger charge is -2.15. The highest BCUT2D eigenvalue weighted by Gasteiger charge is 2.20. The molecule has 0 N–H and O–H groups in total. The average Bonchev–Trinajstić information content (AvgIpc) is 2.61. The van der Waals surface area contributed by atoms with Crippen LogP contribution in [0.5, 0.6) is 17.2 Å². The van der Waals surface area contributed by atoms with E-state index in [1.807, 2.05) is 26.0 Å². The molecule has 0 aliphatic heterocycles. The van der Waals surface area contributed by atoms with Crippen LogP contribution in [0, 0.1) is 0 Å². The van der Waals surface area contributed by atoms with E-state index in [-0.39, 0.29) is 18.5 Å². The van der Waals surface area contributed by atoms with E-state index in [2.05, 4.69) is 26.8 Å². The van der Waals surface area contributed by atoms with Crippen LogP contribution >= 0.6 is 0 Å². The molecule has 2 aromatic rings. The summed E-state index contributed by atoms with van der Waals surface area (Å²) in [5, 5.41) is 0.595. The molecule has 0 saturated carbocycles. The number of benzene rings is 1. The molecule has 0 unspecified atom stereocenters. The molecule has 152 valence electrons. The first-order valence-electron chi connectivity index (χ1n) is 9.55. The fourth-order valence-electron chi connectivity index (χ4n) is 2.80. The van der Waals surface area contributed by atoms with Gasteiger partial charge < -0.3 is 18.6 Å². The Morgan fingerprint density at radius 2 is 1.89 bits per heavy atom. The first-order chi connectivity index (χ1) is 13.3. The zero-order valence-electron chi connectivity index (χ0n) is 17.6. The Morgan fingerprint density at radius 1 is 1.14 bits per heavy atom. The summed E-state index contributed by atoms with van der Waals surface area (Å²) in [5.41, 5.74) is 2.34. The van der Waals surface area contributed by atoms with Crippen LogP contribution in [0.1, 0.15) is 47.5 Å². The Labute approximate surface area is 166 Å². The lowest BCUT2D eigenvalue weighted by atomic mass is 10.1. The first kappa shape index (κ1) is 21.6. The van der Waals surface area contributed by atoms with Gasteiger partial charge in [-0.3, -0.25) is 0 Å². The Kier molecular flexibility index (Phi) is 7.73. The van der Waals surface area contributed by atoms with Crippen LogP contribution in [0.15, 0.2) is 50.7 Å². The summed E-state index contributed by atoms with van der Waals surface area (Å²) >= 11 is 0. The van der Waals surface area contributed by atoms with E-state index in [4.69, 9.17) is 18.6 Å². The Balaban J connectivity index is 2.30. The van der Waals surface area contributed by atoms with Crippen molar-refractivity contribution in [3.05, 3.63) is 51.9 Å². The van der Waals surface area contributed by atoms with Gasteiger partial charge in [0.1, 0.15) is 23.3 Å². The minimum atomic E-state index is -0.568. The predicted octanol–water partition coefficient (Wildman–Crippen LogP) is 5.66. The highest BCUT2D eigenvalue weighted by molar-refractivity contribution is 5.91. The standard InChI is InChI=1S/C23H30O5/c1-15(2)9-7-10-17(5)13-14-26-22-21(25-6)20-18(27-16(3)4)11-8-12-19(20)28-23(22)24/h8-9,11-13,16H,7,10,14H2,1-6H3/b17-13+. The Morgan fingerprint density at radius 3 is 2.54 bits per heavy atom. The van der Waals surface area contributed by atoms with E-state index in [1.165, 1.54) is 18.3 Å². The van der Waals surface area contributed by atoms with Gasteiger partial charge in [0, 0.05) is 0 Å². The molecule has 2 rings (SSSR count). The van der Waals surface area contributed by atoms with Crippen LogP contribution in [0.3, 0.4) is 0 Å². The maximum atomic E-state index is 12.4. The maximum absolute atomic E-state index is 12.4. The molecule has 0 bridgehead atoms. The smallest absolute Gasteiger partial charge is 0.383 e. The van der Waals surface area contributed by atoms with Crippen molar-refractivity contribution in [2.45, 2.75) is 53.6 Å². The van der Waals surface area contributed by atoms with Crippen LogP contribution in [0.25, 0.3) is 11.0 Å². The van der Waals surface area contributed by atoms with E-state index in [0.717, 1.165) is 12.8 Å². The van der Waals surface area contributed by atoms with E-state index >= 15 is 0 Å². The molecule has 28 heavy (non-hydrogen) atoms. The molecule has 1 aromatic heterocycles. The second-order valence-corrected chi connectivity index (χ2v) is 7.23. The Bertz CT molecular complexity index is 914. The molecule has 5 nitrogen and oxygen atoms in total. The molecular formula is C23H30O5. The lowest BCUT2D eigenvalue weighted by molar-refractivity contribution is 0.244. The van der Waals surface area contributed by atoms with Crippen molar-refractivity contribution in [2.75, 3.05) is 13.7 Å². The van der Waals surface area contributed by atoms with Crippen molar-refractivity contribution >= 4 is 11.0 Å². The van der Waals surface area contributed by atoms with Crippen LogP contribution in [0.2, 0.25) is 0 Å². The maximum Gasteiger partial charge on any atom is 0.383 e. The SMILES string of the molecule is COc1c(OC/C=C(\C)CCC=C(C)C)c(=O)oc2cccc(OC(C)C)c12. The summed E-state index contributed by atoms with van der Waals surface area (Å²) in [6.45, 7) is 10.4. The molecule has 0 aliphatic carbocycles. The van der Waals surface area contributed by atoms with E-state index in [1.54, 1.807) is 12.1 Å². The molecule has 5 heteroatoms. The zero-order chi connectivity index (χ0) is 20.7. The van der Waals surface area contributed by atoms with Gasteiger partial charge in [-0.2, -0.15) is 0 Å². The van der Waals surface area contributed by atoms with Gasteiger partial charge in [-0.05, 0) is 65.7 Å². The number of ether oxygens (including phenoxy) is 3. The fraction of sp³-hybridized carbons (Fsp3) is 0.435. The van der Waals surface area contributed by atoms with Gasteiger partial charge in [-0.1, -0.05) is 23.3 Å². The largest absolute Gasteiger partial charge is 0.492 e. The van der Waals surface area contributed by atoms with Gasteiger partial charge in [-0.25, -0.2) is 4.79 Å². The molecule has 0 spiro atoms. The third-order valence-corrected chi connectivity index (χ3v) is 4.13. The van der Waals surface area contributed by atoms with E-state index < -0.39 is 5.63 Å². The van der Waals surface area contributed by atoms with Gasteiger partial charge in [0.25, 0.3) is 0 Å². The molecule has 0 radical (unpaired) electrons. The Hall–Kier alpha value is -2.69. The summed E-state index contributed by atoms with van der Waals surface area (Å²) < 4.78 is 22.6. The minimum absolute atomic E-state index is 0.0296. The average molecular weight is 386 g/mol. The van der Waals surface area contributed by atoms with E-state index in [9.17, 15) is 4.79 Å². The van der Waals surface area contributed by atoms with Gasteiger partial charge in [0.2, 0.25) is 5.75 Å². The van der Waals surface area contributed by atoms with Crippen molar-refractivity contribution in [1.82, 2.24) is 0 Å². The number of allylic oxidation sites excluding steroid dienone is 3. The summed E-state index contributed by atoms with van der Waals surface area (Å²) in [6, 6.07) is 5.31. The number of hydrogen-bond donors (Lipinski definition) is 0. The lowest BCUT2D eigenvalue weighted by Crippen LogP contribution is -2.11. The second-order valence-electron chi connectivity index (χ2n) is 7.23. The normalized spacial score (nSPS) is 11.6. The van der Waals surface area contributed by atoms with Crippen molar-refractivity contribution in [2.24, 2.45) is 0 Å². The van der Waals surface area contributed by atoms with Gasteiger partial charge in [0.15, 0.2) is 5.75 Å². The molecule has 0 amide bonds. The number of hydrogen-bond acceptors (Lipinski definition) is 5. The van der Waals surface area contributed by atoms with Crippen molar-refractivity contribution in [1.29, 1.82) is 0 Å². The monoisotopic (exact) mass is 386 g/mol. The second kappa shape index (κ2) is 10.0. The fourth-order valence-corrected chi connectivity index (χ4v) is 2.80. The zero-order valence-corrected chi connectivity index (χ0v) is 17.6. The van der Waals surface area contributed by atoms with Crippen LogP contribution in [-0.4, -0.2) is 19.8 Å². The summed E-state index contributed by atoms with van der Waals surface area (Å²) in [6.07, 6.45) is 6.08. The molecule has 1 aromatic carbocycles. The molecule has 0 atom stereocenters. The van der Waals surface area contributed by atoms with Gasteiger partial charge >= 0.3 is 5.63 Å². The quantitative estimate of drug-likeness (QED) is 0.411. The van der Waals surface area contributed by atoms with Gasteiger partial charge in [0.05, 0.1) is 13.2 Å². The van der Waals surface area contributed by atoms with Crippen LogP contribution < -0.4 is 19.8 Å². The molecular weight excluding hydrogens is 356 g/mol. The highest BCUT2D eigenvalue weighted by Crippen LogP contribution is 2.39. The summed E-state index contributed by atoms with van der Waals surface area (Å²) in [5.74, 6) is 0.979.